The third kappa shape index (κ3) is 1.32. The maximum atomic E-state index is 5.90. The van der Waals surface area contributed by atoms with E-state index in [0.29, 0.717) is 5.69 Å². The smallest absolute Gasteiger partial charge is 0.104 e. The molecule has 0 aliphatic heterocycles. The van der Waals surface area contributed by atoms with E-state index in [4.69, 9.17) is 5.73 Å². The molecule has 0 atom stereocenters. The van der Waals surface area contributed by atoms with Crippen LogP contribution in [0.25, 0.3) is 22.2 Å². The molecular formula is C12H13N5. The van der Waals surface area contributed by atoms with Crippen LogP contribution < -0.4 is 5.73 Å². The van der Waals surface area contributed by atoms with Gasteiger partial charge in [-0.3, -0.25) is 10.2 Å². The number of nitrogens with two attached hydrogens (primary N) is 1. The average molecular weight is 227 g/mol. The van der Waals surface area contributed by atoms with Crippen LogP contribution in [0.15, 0.2) is 18.2 Å². The van der Waals surface area contributed by atoms with Gasteiger partial charge in [-0.2, -0.15) is 10.2 Å². The summed E-state index contributed by atoms with van der Waals surface area (Å²) in [4.78, 5) is 0. The Morgan fingerprint density at radius 2 is 1.94 bits per heavy atom. The summed E-state index contributed by atoms with van der Waals surface area (Å²) in [5.74, 6) is 0. The van der Waals surface area contributed by atoms with Crippen LogP contribution in [-0.4, -0.2) is 20.4 Å². The van der Waals surface area contributed by atoms with Gasteiger partial charge in [-0.05, 0) is 19.9 Å². The molecule has 5 nitrogen and oxygen atoms in total. The lowest BCUT2D eigenvalue weighted by atomic mass is 10.1. The van der Waals surface area contributed by atoms with Crippen LogP contribution in [0.5, 0.6) is 0 Å². The molecule has 0 saturated heterocycles. The second-order valence-corrected chi connectivity index (χ2v) is 4.15. The molecule has 0 amide bonds. The Balaban J connectivity index is 2.36. The van der Waals surface area contributed by atoms with E-state index in [1.165, 1.54) is 0 Å². The third-order valence-electron chi connectivity index (χ3n) is 3.00. The van der Waals surface area contributed by atoms with Crippen molar-refractivity contribution in [2.24, 2.45) is 0 Å². The zero-order valence-electron chi connectivity index (χ0n) is 9.70. The number of nitrogens with one attached hydrogen (secondary N) is 2. The summed E-state index contributed by atoms with van der Waals surface area (Å²) in [5, 5.41) is 15.5. The summed E-state index contributed by atoms with van der Waals surface area (Å²) in [7, 11) is 0. The summed E-state index contributed by atoms with van der Waals surface area (Å²) in [5.41, 5.74) is 11.4. The molecule has 5 heteroatoms. The van der Waals surface area contributed by atoms with Crippen LogP contribution in [-0.2, 0) is 0 Å². The molecule has 0 aliphatic rings. The van der Waals surface area contributed by atoms with Crippen LogP contribution in [0.3, 0.4) is 0 Å². The number of nitrogens with zero attached hydrogens (tertiary/aromatic N) is 2. The highest BCUT2D eigenvalue weighted by molar-refractivity contribution is 5.99. The number of hydrogen-bond acceptors (Lipinski definition) is 3. The van der Waals surface area contributed by atoms with Gasteiger partial charge in [0.05, 0.1) is 16.9 Å². The molecule has 0 saturated carbocycles. The number of aryl methyl sites for hydroxylation is 2. The maximum absolute atomic E-state index is 5.90. The van der Waals surface area contributed by atoms with Crippen molar-refractivity contribution in [2.75, 3.05) is 5.73 Å². The zero-order chi connectivity index (χ0) is 12.0. The van der Waals surface area contributed by atoms with E-state index in [2.05, 4.69) is 20.4 Å². The predicted molar refractivity (Wildman–Crippen MR) is 67.6 cm³/mol. The number of para-hydroxylation sites is 1. The SMILES string of the molecule is Cc1n[nH]c(C)c1-c1n[nH]c2c(N)cccc12. The molecule has 2 aromatic heterocycles. The summed E-state index contributed by atoms with van der Waals surface area (Å²) in [6.45, 7) is 3.95. The van der Waals surface area contributed by atoms with Crippen molar-refractivity contribution in [3.8, 4) is 11.3 Å². The first-order valence-electron chi connectivity index (χ1n) is 5.43. The fraction of sp³-hybridized carbons (Fsp3) is 0.167. The van der Waals surface area contributed by atoms with Crippen molar-refractivity contribution in [3.63, 3.8) is 0 Å². The highest BCUT2D eigenvalue weighted by Gasteiger charge is 2.15. The number of aromatic amines is 2. The fourth-order valence-corrected chi connectivity index (χ4v) is 2.15. The van der Waals surface area contributed by atoms with Crippen LogP contribution in [0, 0.1) is 13.8 Å². The Hall–Kier alpha value is -2.30. The normalized spacial score (nSPS) is 11.2. The first kappa shape index (κ1) is 9.89. The first-order valence-corrected chi connectivity index (χ1v) is 5.43. The van der Waals surface area contributed by atoms with E-state index in [0.717, 1.165) is 33.5 Å². The minimum absolute atomic E-state index is 0.708. The summed E-state index contributed by atoms with van der Waals surface area (Å²) >= 11 is 0. The van der Waals surface area contributed by atoms with Crippen molar-refractivity contribution < 1.29 is 0 Å². The predicted octanol–water partition coefficient (Wildman–Crippen LogP) is 2.15. The molecule has 0 aliphatic carbocycles. The van der Waals surface area contributed by atoms with Gasteiger partial charge in [-0.25, -0.2) is 0 Å². The maximum Gasteiger partial charge on any atom is 0.104 e. The van der Waals surface area contributed by atoms with Gasteiger partial charge in [0.15, 0.2) is 0 Å². The Morgan fingerprint density at radius 1 is 1.12 bits per heavy atom. The molecule has 2 heterocycles. The molecule has 86 valence electrons. The third-order valence-corrected chi connectivity index (χ3v) is 3.00. The van der Waals surface area contributed by atoms with E-state index >= 15 is 0 Å². The number of rotatable bonds is 1. The molecular weight excluding hydrogens is 214 g/mol. The Labute approximate surface area is 98.0 Å². The van der Waals surface area contributed by atoms with Gasteiger partial charge < -0.3 is 5.73 Å². The first-order chi connectivity index (χ1) is 8.18. The van der Waals surface area contributed by atoms with Gasteiger partial charge in [0.2, 0.25) is 0 Å². The molecule has 0 radical (unpaired) electrons. The minimum atomic E-state index is 0.708. The van der Waals surface area contributed by atoms with Crippen LogP contribution in [0.2, 0.25) is 0 Å². The lowest BCUT2D eigenvalue weighted by Gasteiger charge is -1.98. The van der Waals surface area contributed by atoms with Gasteiger partial charge in [0.25, 0.3) is 0 Å². The van der Waals surface area contributed by atoms with E-state index in [1.54, 1.807) is 0 Å². The van der Waals surface area contributed by atoms with Gasteiger partial charge in [0, 0.05) is 16.6 Å². The standard InChI is InChI=1S/C12H13N5/c1-6-10(7(2)15-14-6)12-8-4-3-5-9(13)11(8)16-17-12/h3-5H,13H2,1-2H3,(H,14,15)(H,16,17). The van der Waals surface area contributed by atoms with Crippen molar-refractivity contribution >= 4 is 16.6 Å². The molecule has 0 fully saturated rings. The van der Waals surface area contributed by atoms with Crippen LogP contribution >= 0.6 is 0 Å². The summed E-state index contributed by atoms with van der Waals surface area (Å²) in [6, 6.07) is 5.80. The van der Waals surface area contributed by atoms with Crippen LogP contribution in [0.4, 0.5) is 5.69 Å². The largest absolute Gasteiger partial charge is 0.397 e. The van der Waals surface area contributed by atoms with E-state index in [9.17, 15) is 0 Å². The molecule has 0 unspecified atom stereocenters. The molecule has 4 N–H and O–H groups in total. The lowest BCUT2D eigenvalue weighted by Crippen LogP contribution is -1.85. The number of fused-ring (bicyclic) bond motifs is 1. The number of benzene rings is 1. The molecule has 1 aromatic carbocycles. The number of aromatic nitrogens is 4. The van der Waals surface area contributed by atoms with Crippen molar-refractivity contribution in [1.82, 2.24) is 20.4 Å². The summed E-state index contributed by atoms with van der Waals surface area (Å²) < 4.78 is 0. The highest BCUT2D eigenvalue weighted by atomic mass is 15.1. The molecule has 0 bridgehead atoms. The van der Waals surface area contributed by atoms with Gasteiger partial charge in [-0.1, -0.05) is 12.1 Å². The molecule has 17 heavy (non-hydrogen) atoms. The number of H-pyrrole nitrogens is 2. The number of nitrogen functional groups attached to an aromatic ring is 1. The molecule has 3 aromatic rings. The van der Waals surface area contributed by atoms with Gasteiger partial charge >= 0.3 is 0 Å². The molecule has 0 spiro atoms. The van der Waals surface area contributed by atoms with Crippen molar-refractivity contribution in [3.05, 3.63) is 29.6 Å². The van der Waals surface area contributed by atoms with Gasteiger partial charge in [-0.15, -0.1) is 0 Å². The second kappa shape index (κ2) is 3.35. The second-order valence-electron chi connectivity index (χ2n) is 4.15. The fourth-order valence-electron chi connectivity index (χ4n) is 2.15. The van der Waals surface area contributed by atoms with E-state index in [1.807, 2.05) is 32.0 Å². The topological polar surface area (TPSA) is 83.4 Å². The Morgan fingerprint density at radius 3 is 2.65 bits per heavy atom. The number of hydrogen-bond donors (Lipinski definition) is 3. The van der Waals surface area contributed by atoms with E-state index in [-0.39, 0.29) is 0 Å². The Kier molecular flexibility index (Phi) is 1.95. The highest BCUT2D eigenvalue weighted by Crippen LogP contribution is 2.31. The minimum Gasteiger partial charge on any atom is -0.397 e. The monoisotopic (exact) mass is 227 g/mol. The lowest BCUT2D eigenvalue weighted by molar-refractivity contribution is 1.02. The van der Waals surface area contributed by atoms with Crippen molar-refractivity contribution in [1.29, 1.82) is 0 Å². The zero-order valence-corrected chi connectivity index (χ0v) is 9.70. The van der Waals surface area contributed by atoms with Gasteiger partial charge in [0.1, 0.15) is 5.69 Å². The van der Waals surface area contributed by atoms with Crippen molar-refractivity contribution in [2.45, 2.75) is 13.8 Å². The average Bonchev–Trinajstić information content (AvgIpc) is 2.84. The Bertz CT molecular complexity index is 673. The van der Waals surface area contributed by atoms with Crippen LogP contribution in [0.1, 0.15) is 11.4 Å². The summed E-state index contributed by atoms with van der Waals surface area (Å²) in [6.07, 6.45) is 0. The number of anilines is 1. The van der Waals surface area contributed by atoms with E-state index < -0.39 is 0 Å². The molecule has 3 rings (SSSR count). The quantitative estimate of drug-likeness (QED) is 0.557.